The average molecular weight is 369 g/mol. The predicted molar refractivity (Wildman–Crippen MR) is 104 cm³/mol. The molecule has 1 N–H and O–H groups in total. The largest absolute Gasteiger partial charge is 0.494 e. The number of hydrogen-bond donors (Lipinski definition) is 1. The summed E-state index contributed by atoms with van der Waals surface area (Å²) in [4.78, 5) is 16.6. The van der Waals surface area contributed by atoms with Crippen LogP contribution in [0.2, 0.25) is 0 Å². The van der Waals surface area contributed by atoms with Crippen molar-refractivity contribution in [3.63, 3.8) is 0 Å². The van der Waals surface area contributed by atoms with E-state index in [-0.39, 0.29) is 11.6 Å². The van der Waals surface area contributed by atoms with Crippen molar-refractivity contribution in [2.75, 3.05) is 6.61 Å². The number of carbonyl (C=O) groups is 1. The second-order valence-corrected chi connectivity index (χ2v) is 6.68. The minimum atomic E-state index is -0.396. The van der Waals surface area contributed by atoms with Crippen molar-refractivity contribution in [1.82, 2.24) is 10.3 Å². The summed E-state index contributed by atoms with van der Waals surface area (Å²) >= 11 is 1.38. The molecule has 1 aromatic carbocycles. The highest BCUT2D eigenvalue weighted by molar-refractivity contribution is 7.10. The van der Waals surface area contributed by atoms with E-state index in [0.29, 0.717) is 18.0 Å². The minimum Gasteiger partial charge on any atom is -0.494 e. The summed E-state index contributed by atoms with van der Waals surface area (Å²) in [6.07, 6.45) is 5.94. The molecule has 6 heteroatoms. The van der Waals surface area contributed by atoms with Gasteiger partial charge in [0.25, 0.3) is 5.91 Å². The van der Waals surface area contributed by atoms with Gasteiger partial charge in [-0.15, -0.1) is 11.3 Å². The molecule has 0 aliphatic rings. The Kier molecular flexibility index (Phi) is 7.84. The summed E-state index contributed by atoms with van der Waals surface area (Å²) in [5.74, 6) is 0.398. The van der Waals surface area contributed by atoms with Gasteiger partial charge in [-0.3, -0.25) is 4.79 Å². The van der Waals surface area contributed by atoms with Crippen LogP contribution >= 0.6 is 11.3 Å². The number of carbonyl (C=O) groups excluding carboxylic acids is 1. The molecule has 0 aliphatic heterocycles. The molecule has 5 nitrogen and oxygen atoms in total. The van der Waals surface area contributed by atoms with E-state index in [4.69, 9.17) is 4.74 Å². The molecule has 0 fully saturated rings. The lowest BCUT2D eigenvalue weighted by Crippen LogP contribution is -2.29. The normalized spacial score (nSPS) is 12.3. The Morgan fingerprint density at radius 3 is 2.96 bits per heavy atom. The molecule has 0 radical (unpaired) electrons. The summed E-state index contributed by atoms with van der Waals surface area (Å²) in [6.45, 7) is 4.79. The molecule has 0 spiro atoms. The van der Waals surface area contributed by atoms with Crippen LogP contribution < -0.4 is 10.1 Å². The third-order valence-electron chi connectivity index (χ3n) is 3.82. The van der Waals surface area contributed by atoms with Crippen LogP contribution in [0, 0.1) is 11.3 Å². The van der Waals surface area contributed by atoms with Crippen molar-refractivity contribution in [2.24, 2.45) is 0 Å². The third kappa shape index (κ3) is 5.71. The van der Waals surface area contributed by atoms with E-state index in [9.17, 15) is 10.1 Å². The lowest BCUT2D eigenvalue weighted by atomic mass is 10.0. The number of aromatic nitrogens is 1. The van der Waals surface area contributed by atoms with E-state index in [1.165, 1.54) is 17.4 Å². The monoisotopic (exact) mass is 369 g/mol. The highest BCUT2D eigenvalue weighted by Crippen LogP contribution is 2.22. The Morgan fingerprint density at radius 1 is 1.46 bits per heavy atom. The van der Waals surface area contributed by atoms with Crippen molar-refractivity contribution in [3.05, 3.63) is 52.0 Å². The first kappa shape index (κ1) is 19.7. The second-order valence-electron chi connectivity index (χ2n) is 5.75. The molecule has 0 saturated carbocycles. The highest BCUT2D eigenvalue weighted by atomic mass is 32.1. The Labute approximate surface area is 158 Å². The summed E-state index contributed by atoms with van der Waals surface area (Å²) in [7, 11) is 0. The van der Waals surface area contributed by atoms with Gasteiger partial charge in [-0.25, -0.2) is 4.98 Å². The molecular formula is C20H23N3O2S. The number of rotatable bonds is 9. The molecule has 1 amide bonds. The maximum Gasteiger partial charge on any atom is 0.262 e. The maximum absolute atomic E-state index is 12.5. The van der Waals surface area contributed by atoms with Crippen LogP contribution in [0.3, 0.4) is 0 Å². The Hall–Kier alpha value is -2.65. The molecule has 1 atom stereocenters. The fraction of sp³-hybridized carbons (Fsp3) is 0.350. The lowest BCUT2D eigenvalue weighted by molar-refractivity contribution is -0.117. The Balaban J connectivity index is 2.09. The molecule has 1 unspecified atom stereocenters. The average Bonchev–Trinajstić information content (AvgIpc) is 3.17. The van der Waals surface area contributed by atoms with E-state index in [1.54, 1.807) is 11.6 Å². The molecule has 2 aromatic rings. The third-order valence-corrected chi connectivity index (χ3v) is 4.55. The Bertz CT molecular complexity index is 779. The quantitative estimate of drug-likeness (QED) is 0.401. The number of amides is 1. The number of nitrogens with zero attached hydrogens (tertiary/aromatic N) is 2. The second kappa shape index (κ2) is 10.4. The van der Waals surface area contributed by atoms with Crippen LogP contribution in [-0.2, 0) is 4.79 Å². The van der Waals surface area contributed by atoms with Crippen LogP contribution in [0.1, 0.15) is 49.7 Å². The van der Waals surface area contributed by atoms with Gasteiger partial charge in [0.1, 0.15) is 22.4 Å². The number of benzene rings is 1. The molecular weight excluding hydrogens is 346 g/mol. The molecule has 0 aliphatic carbocycles. The Morgan fingerprint density at radius 2 is 2.31 bits per heavy atom. The van der Waals surface area contributed by atoms with Crippen LogP contribution in [0.25, 0.3) is 6.08 Å². The van der Waals surface area contributed by atoms with Gasteiger partial charge >= 0.3 is 0 Å². The molecule has 136 valence electrons. The van der Waals surface area contributed by atoms with E-state index < -0.39 is 5.91 Å². The molecule has 2 rings (SSSR count). The van der Waals surface area contributed by atoms with Crippen molar-refractivity contribution in [2.45, 2.75) is 39.2 Å². The number of ether oxygens (including phenoxy) is 1. The van der Waals surface area contributed by atoms with Crippen molar-refractivity contribution < 1.29 is 9.53 Å². The first-order valence-corrected chi connectivity index (χ1v) is 9.60. The number of unbranched alkanes of at least 4 members (excludes halogenated alkanes) is 1. The first-order valence-electron chi connectivity index (χ1n) is 8.72. The molecule has 1 heterocycles. The van der Waals surface area contributed by atoms with E-state index >= 15 is 0 Å². The van der Waals surface area contributed by atoms with Crippen molar-refractivity contribution >= 4 is 23.3 Å². The van der Waals surface area contributed by atoms with Crippen LogP contribution in [-0.4, -0.2) is 17.5 Å². The number of hydrogen-bond acceptors (Lipinski definition) is 5. The van der Waals surface area contributed by atoms with Crippen molar-refractivity contribution in [3.8, 4) is 11.8 Å². The van der Waals surface area contributed by atoms with Gasteiger partial charge in [-0.2, -0.15) is 5.26 Å². The standard InChI is InChI=1S/C20H23N3O2S/c1-3-5-10-25-17-8-6-7-15(12-17)18(4-2)23-20(24)16(14-21)13-19-22-9-11-26-19/h6-9,11-13,18H,3-5,10H2,1-2H3,(H,23,24)/b16-13+. The van der Waals surface area contributed by atoms with Gasteiger partial charge in [0.05, 0.1) is 12.6 Å². The SMILES string of the molecule is CCCCOc1cccc(C(CC)NC(=O)/C(C#N)=C/c2nccs2)c1. The first-order chi connectivity index (χ1) is 12.7. The van der Waals surface area contributed by atoms with Crippen LogP contribution in [0.4, 0.5) is 0 Å². The van der Waals surface area contributed by atoms with E-state index in [2.05, 4.69) is 17.2 Å². The topological polar surface area (TPSA) is 75.0 Å². The smallest absolute Gasteiger partial charge is 0.262 e. The van der Waals surface area contributed by atoms with Gasteiger partial charge in [0.15, 0.2) is 0 Å². The summed E-state index contributed by atoms with van der Waals surface area (Å²) in [6, 6.07) is 9.50. The van der Waals surface area contributed by atoms with Crippen LogP contribution in [0.5, 0.6) is 5.75 Å². The van der Waals surface area contributed by atoms with Gasteiger partial charge in [0.2, 0.25) is 0 Å². The molecule has 1 aromatic heterocycles. The van der Waals surface area contributed by atoms with Crippen LogP contribution in [0.15, 0.2) is 41.4 Å². The number of thiazole rings is 1. The zero-order valence-electron chi connectivity index (χ0n) is 15.1. The maximum atomic E-state index is 12.5. The zero-order chi connectivity index (χ0) is 18.8. The fourth-order valence-electron chi connectivity index (χ4n) is 2.39. The van der Waals surface area contributed by atoms with Gasteiger partial charge in [0, 0.05) is 11.6 Å². The predicted octanol–water partition coefficient (Wildman–Crippen LogP) is 4.50. The number of nitrogens with one attached hydrogen (secondary N) is 1. The fourth-order valence-corrected chi connectivity index (χ4v) is 2.96. The summed E-state index contributed by atoms with van der Waals surface area (Å²) in [5.41, 5.74) is 1.01. The molecule has 26 heavy (non-hydrogen) atoms. The molecule has 0 bridgehead atoms. The highest BCUT2D eigenvalue weighted by Gasteiger charge is 2.17. The minimum absolute atomic E-state index is 0.0498. The zero-order valence-corrected chi connectivity index (χ0v) is 15.9. The molecule has 0 saturated heterocycles. The number of nitriles is 1. The summed E-state index contributed by atoms with van der Waals surface area (Å²) < 4.78 is 5.74. The van der Waals surface area contributed by atoms with Gasteiger partial charge in [-0.05, 0) is 36.6 Å². The van der Waals surface area contributed by atoms with E-state index in [1.807, 2.05) is 37.3 Å². The van der Waals surface area contributed by atoms with Crippen molar-refractivity contribution in [1.29, 1.82) is 5.26 Å². The van der Waals surface area contributed by atoms with E-state index in [0.717, 1.165) is 24.2 Å². The van der Waals surface area contributed by atoms with Gasteiger partial charge in [-0.1, -0.05) is 32.4 Å². The lowest BCUT2D eigenvalue weighted by Gasteiger charge is -2.18. The summed E-state index contributed by atoms with van der Waals surface area (Å²) in [5, 5.41) is 14.7. The van der Waals surface area contributed by atoms with Gasteiger partial charge < -0.3 is 10.1 Å².